The van der Waals surface area contributed by atoms with Crippen LogP contribution in [0.25, 0.3) is 0 Å². The van der Waals surface area contributed by atoms with Crippen LogP contribution < -0.4 is 4.90 Å². The van der Waals surface area contributed by atoms with Gasteiger partial charge in [0.05, 0.1) is 12.7 Å². The first-order valence-corrected chi connectivity index (χ1v) is 5.42. The predicted octanol–water partition coefficient (Wildman–Crippen LogP) is 1.27. The Labute approximate surface area is 90.3 Å². The predicted molar refractivity (Wildman–Crippen MR) is 60.1 cm³/mol. The Bertz CT molecular complexity index is 287. The third-order valence-corrected chi connectivity index (χ3v) is 2.71. The quantitative estimate of drug-likeness (QED) is 0.810. The first-order chi connectivity index (χ1) is 7.40. The second kappa shape index (κ2) is 5.14. The molecule has 1 fully saturated rings. The molecule has 1 aliphatic heterocycles. The molecule has 3 nitrogen and oxygen atoms in total. The molecular formula is C12H17NO2. The van der Waals surface area contributed by atoms with E-state index in [4.69, 9.17) is 9.84 Å². The molecule has 1 aromatic carbocycles. The van der Waals surface area contributed by atoms with E-state index in [9.17, 15) is 0 Å². The zero-order valence-corrected chi connectivity index (χ0v) is 8.80. The maximum absolute atomic E-state index is 8.88. The van der Waals surface area contributed by atoms with Gasteiger partial charge in [-0.05, 0) is 18.6 Å². The Morgan fingerprint density at radius 1 is 1.33 bits per heavy atom. The Morgan fingerprint density at radius 3 is 2.87 bits per heavy atom. The third-order valence-electron chi connectivity index (χ3n) is 2.71. The first-order valence-electron chi connectivity index (χ1n) is 5.42. The van der Waals surface area contributed by atoms with Crippen LogP contribution in [-0.4, -0.2) is 37.5 Å². The number of rotatable bonds is 3. The van der Waals surface area contributed by atoms with Gasteiger partial charge < -0.3 is 14.7 Å². The van der Waals surface area contributed by atoms with Crippen LogP contribution in [0.3, 0.4) is 0 Å². The van der Waals surface area contributed by atoms with Crippen LogP contribution in [0.1, 0.15) is 6.42 Å². The summed E-state index contributed by atoms with van der Waals surface area (Å²) in [6.45, 7) is 2.77. The van der Waals surface area contributed by atoms with E-state index in [2.05, 4.69) is 17.0 Å². The normalized spacial score (nSPS) is 21.7. The number of aliphatic hydroxyl groups excluding tert-OH is 1. The summed E-state index contributed by atoms with van der Waals surface area (Å²) >= 11 is 0. The summed E-state index contributed by atoms with van der Waals surface area (Å²) in [6.07, 6.45) is 0.896. The number of para-hydroxylation sites is 1. The molecule has 1 heterocycles. The minimum absolute atomic E-state index is 0.170. The van der Waals surface area contributed by atoms with Gasteiger partial charge >= 0.3 is 0 Å². The number of hydrogen-bond acceptors (Lipinski definition) is 3. The summed E-state index contributed by atoms with van der Waals surface area (Å²) in [5.74, 6) is 0. The molecule has 82 valence electrons. The standard InChI is InChI=1S/C12H17NO2/c14-8-6-12-10-13(7-9-15-12)11-4-2-1-3-5-11/h1-5,12,14H,6-10H2. The molecule has 1 atom stereocenters. The van der Waals surface area contributed by atoms with Gasteiger partial charge in [0.1, 0.15) is 0 Å². The van der Waals surface area contributed by atoms with E-state index in [1.165, 1.54) is 5.69 Å². The summed E-state index contributed by atoms with van der Waals surface area (Å²) in [4.78, 5) is 2.31. The van der Waals surface area contributed by atoms with Gasteiger partial charge in [-0.1, -0.05) is 18.2 Å². The zero-order valence-electron chi connectivity index (χ0n) is 8.80. The van der Waals surface area contributed by atoms with Gasteiger partial charge in [0.2, 0.25) is 0 Å². The van der Waals surface area contributed by atoms with Gasteiger partial charge in [-0.3, -0.25) is 0 Å². The molecule has 15 heavy (non-hydrogen) atoms. The maximum Gasteiger partial charge on any atom is 0.0772 e. The molecule has 0 saturated carbocycles. The van der Waals surface area contributed by atoms with Gasteiger partial charge in [-0.15, -0.1) is 0 Å². The molecule has 1 aliphatic rings. The molecular weight excluding hydrogens is 190 g/mol. The fourth-order valence-electron chi connectivity index (χ4n) is 1.91. The van der Waals surface area contributed by atoms with Crippen LogP contribution in [0.2, 0.25) is 0 Å². The van der Waals surface area contributed by atoms with Crippen molar-refractivity contribution in [1.82, 2.24) is 0 Å². The maximum atomic E-state index is 8.88. The van der Waals surface area contributed by atoms with Crippen molar-refractivity contribution in [3.63, 3.8) is 0 Å². The fourth-order valence-corrected chi connectivity index (χ4v) is 1.91. The van der Waals surface area contributed by atoms with Crippen molar-refractivity contribution < 1.29 is 9.84 Å². The van der Waals surface area contributed by atoms with Crippen molar-refractivity contribution in [1.29, 1.82) is 0 Å². The minimum atomic E-state index is 0.170. The number of morpholine rings is 1. The topological polar surface area (TPSA) is 32.7 Å². The van der Waals surface area contributed by atoms with E-state index in [1.54, 1.807) is 0 Å². The summed E-state index contributed by atoms with van der Waals surface area (Å²) in [5.41, 5.74) is 1.24. The van der Waals surface area contributed by atoms with E-state index in [-0.39, 0.29) is 12.7 Å². The highest BCUT2D eigenvalue weighted by Gasteiger charge is 2.19. The molecule has 0 bridgehead atoms. The van der Waals surface area contributed by atoms with Crippen molar-refractivity contribution in [2.24, 2.45) is 0 Å². The van der Waals surface area contributed by atoms with Crippen molar-refractivity contribution in [2.45, 2.75) is 12.5 Å². The lowest BCUT2D eigenvalue weighted by Gasteiger charge is -2.34. The number of benzene rings is 1. The highest BCUT2D eigenvalue weighted by molar-refractivity contribution is 5.46. The van der Waals surface area contributed by atoms with Crippen molar-refractivity contribution >= 4 is 5.69 Å². The smallest absolute Gasteiger partial charge is 0.0772 e. The zero-order chi connectivity index (χ0) is 10.5. The average Bonchev–Trinajstić information content (AvgIpc) is 2.31. The van der Waals surface area contributed by atoms with Gasteiger partial charge in [0, 0.05) is 25.4 Å². The van der Waals surface area contributed by atoms with E-state index in [0.717, 1.165) is 26.1 Å². The monoisotopic (exact) mass is 207 g/mol. The van der Waals surface area contributed by atoms with E-state index >= 15 is 0 Å². The van der Waals surface area contributed by atoms with Gasteiger partial charge in [0.15, 0.2) is 0 Å². The molecule has 0 aliphatic carbocycles. The molecule has 0 spiro atoms. The highest BCUT2D eigenvalue weighted by Crippen LogP contribution is 2.17. The van der Waals surface area contributed by atoms with E-state index in [0.29, 0.717) is 0 Å². The van der Waals surface area contributed by atoms with Crippen molar-refractivity contribution in [3.8, 4) is 0 Å². The minimum Gasteiger partial charge on any atom is -0.396 e. The average molecular weight is 207 g/mol. The Morgan fingerprint density at radius 2 is 2.13 bits per heavy atom. The van der Waals surface area contributed by atoms with Crippen molar-refractivity contribution in [3.05, 3.63) is 30.3 Å². The van der Waals surface area contributed by atoms with Crippen LogP contribution in [-0.2, 0) is 4.74 Å². The summed E-state index contributed by atoms with van der Waals surface area (Å²) in [5, 5.41) is 8.88. The van der Waals surface area contributed by atoms with Crippen LogP contribution in [0, 0.1) is 0 Å². The van der Waals surface area contributed by atoms with Crippen molar-refractivity contribution in [2.75, 3.05) is 31.2 Å². The lowest BCUT2D eigenvalue weighted by Crippen LogP contribution is -2.42. The molecule has 3 heteroatoms. The SMILES string of the molecule is OCCC1CN(c2ccccc2)CCO1. The van der Waals surface area contributed by atoms with Crippen LogP contribution in [0.5, 0.6) is 0 Å². The second-order valence-corrected chi connectivity index (χ2v) is 3.79. The molecule has 1 unspecified atom stereocenters. The number of ether oxygens (including phenoxy) is 1. The largest absolute Gasteiger partial charge is 0.396 e. The van der Waals surface area contributed by atoms with Crippen LogP contribution in [0.15, 0.2) is 30.3 Å². The number of anilines is 1. The molecule has 1 saturated heterocycles. The third kappa shape index (κ3) is 2.70. The molecule has 1 aromatic rings. The fraction of sp³-hybridized carbons (Fsp3) is 0.500. The number of nitrogens with zero attached hydrogens (tertiary/aromatic N) is 1. The number of hydrogen-bond donors (Lipinski definition) is 1. The Hall–Kier alpha value is -1.06. The van der Waals surface area contributed by atoms with Gasteiger partial charge in [0.25, 0.3) is 0 Å². The van der Waals surface area contributed by atoms with E-state index < -0.39 is 0 Å². The first kappa shape index (κ1) is 10.5. The lowest BCUT2D eigenvalue weighted by atomic mass is 10.2. The molecule has 1 N–H and O–H groups in total. The number of aliphatic hydroxyl groups is 1. The van der Waals surface area contributed by atoms with Crippen LogP contribution >= 0.6 is 0 Å². The molecule has 0 amide bonds. The van der Waals surface area contributed by atoms with E-state index in [1.807, 2.05) is 18.2 Å². The molecule has 0 aromatic heterocycles. The van der Waals surface area contributed by atoms with Gasteiger partial charge in [-0.25, -0.2) is 0 Å². The summed E-state index contributed by atoms with van der Waals surface area (Å²) in [7, 11) is 0. The Kier molecular flexibility index (Phi) is 3.59. The highest BCUT2D eigenvalue weighted by atomic mass is 16.5. The molecule has 2 rings (SSSR count). The Balaban J connectivity index is 1.98. The molecule has 0 radical (unpaired) electrons. The van der Waals surface area contributed by atoms with Gasteiger partial charge in [-0.2, -0.15) is 0 Å². The van der Waals surface area contributed by atoms with Crippen LogP contribution in [0.4, 0.5) is 5.69 Å². The summed E-state index contributed by atoms with van der Waals surface area (Å²) < 4.78 is 5.57. The second-order valence-electron chi connectivity index (χ2n) is 3.79. The summed E-state index contributed by atoms with van der Waals surface area (Å²) in [6, 6.07) is 10.3. The lowest BCUT2D eigenvalue weighted by molar-refractivity contribution is 0.0247.